The maximum absolute atomic E-state index is 11.8. The molecule has 104 valence electrons. The minimum atomic E-state index is -0.221. The van der Waals surface area contributed by atoms with Crippen molar-refractivity contribution in [1.82, 2.24) is 20.1 Å². The van der Waals surface area contributed by atoms with Gasteiger partial charge in [-0.05, 0) is 18.2 Å². The zero-order valence-electron chi connectivity index (χ0n) is 11.2. The molecule has 3 rings (SSSR count). The van der Waals surface area contributed by atoms with Gasteiger partial charge in [-0.15, -0.1) is 0 Å². The lowest BCUT2D eigenvalue weighted by Crippen LogP contribution is -2.22. The number of fused-ring (bicyclic) bond motifs is 1. The predicted molar refractivity (Wildman–Crippen MR) is 70.8 cm³/mol. The van der Waals surface area contributed by atoms with Gasteiger partial charge >= 0.3 is 0 Å². The Balaban J connectivity index is 1.91. The molecule has 1 N–H and O–H groups in total. The molecule has 0 fully saturated rings. The maximum Gasteiger partial charge on any atom is 0.290 e. The smallest absolute Gasteiger partial charge is 0.290 e. The van der Waals surface area contributed by atoms with E-state index in [-0.39, 0.29) is 11.7 Å². The van der Waals surface area contributed by atoms with Crippen LogP contribution in [0.5, 0.6) is 11.5 Å². The Bertz CT molecular complexity index is 651. The van der Waals surface area contributed by atoms with Crippen molar-refractivity contribution < 1.29 is 14.3 Å². The number of nitrogens with zero attached hydrogens (tertiary/aromatic N) is 3. The number of ether oxygens (including phenoxy) is 2. The first-order valence-electron chi connectivity index (χ1n) is 6.19. The van der Waals surface area contributed by atoms with E-state index in [2.05, 4.69) is 15.2 Å². The fourth-order valence-corrected chi connectivity index (χ4v) is 1.88. The summed E-state index contributed by atoms with van der Waals surface area (Å²) in [5.41, 5.74) is 0.767. The van der Waals surface area contributed by atoms with Crippen LogP contribution in [0.25, 0.3) is 11.4 Å². The Labute approximate surface area is 115 Å². The van der Waals surface area contributed by atoms with Crippen LogP contribution in [0.2, 0.25) is 0 Å². The van der Waals surface area contributed by atoms with Gasteiger partial charge in [0.05, 0.1) is 0 Å². The van der Waals surface area contributed by atoms with Gasteiger partial charge in [0.25, 0.3) is 5.91 Å². The van der Waals surface area contributed by atoms with Gasteiger partial charge in [0, 0.05) is 19.7 Å². The van der Waals surface area contributed by atoms with Crippen molar-refractivity contribution in [2.75, 3.05) is 27.3 Å². The standard InChI is InChI=1S/C13H14N4O3/c1-17(2)13(18)12-14-11(15-16-12)8-3-4-9-10(7-8)20-6-5-19-9/h3-4,7H,5-6H2,1-2H3,(H,14,15,16). The van der Waals surface area contributed by atoms with E-state index >= 15 is 0 Å². The third-order valence-corrected chi connectivity index (χ3v) is 2.89. The van der Waals surface area contributed by atoms with Crippen molar-refractivity contribution in [3.8, 4) is 22.9 Å². The summed E-state index contributed by atoms with van der Waals surface area (Å²) in [6, 6.07) is 5.45. The summed E-state index contributed by atoms with van der Waals surface area (Å²) in [6.07, 6.45) is 0. The highest BCUT2D eigenvalue weighted by molar-refractivity contribution is 5.90. The Morgan fingerprint density at radius 3 is 2.75 bits per heavy atom. The second-order valence-corrected chi connectivity index (χ2v) is 4.57. The van der Waals surface area contributed by atoms with Gasteiger partial charge in [-0.3, -0.25) is 9.89 Å². The van der Waals surface area contributed by atoms with Crippen molar-refractivity contribution in [3.05, 3.63) is 24.0 Å². The maximum atomic E-state index is 11.8. The zero-order valence-corrected chi connectivity index (χ0v) is 11.2. The van der Waals surface area contributed by atoms with Crippen LogP contribution in [0.1, 0.15) is 10.6 Å². The number of H-pyrrole nitrogens is 1. The number of hydrogen-bond acceptors (Lipinski definition) is 5. The average molecular weight is 274 g/mol. The molecule has 0 spiro atoms. The summed E-state index contributed by atoms with van der Waals surface area (Å²) in [4.78, 5) is 17.4. The molecule has 0 bridgehead atoms. The van der Waals surface area contributed by atoms with E-state index in [1.165, 1.54) is 4.90 Å². The Morgan fingerprint density at radius 2 is 2.00 bits per heavy atom. The largest absolute Gasteiger partial charge is 0.486 e. The van der Waals surface area contributed by atoms with Crippen molar-refractivity contribution in [1.29, 1.82) is 0 Å². The normalized spacial score (nSPS) is 13.1. The molecule has 1 aromatic heterocycles. The molecule has 7 nitrogen and oxygen atoms in total. The predicted octanol–water partition coefficient (Wildman–Crippen LogP) is 0.945. The first-order chi connectivity index (χ1) is 9.65. The molecule has 1 aliphatic rings. The molecule has 1 aromatic carbocycles. The molecule has 0 saturated carbocycles. The van der Waals surface area contributed by atoms with E-state index in [0.29, 0.717) is 30.5 Å². The summed E-state index contributed by atoms with van der Waals surface area (Å²) in [5.74, 6) is 1.81. The van der Waals surface area contributed by atoms with E-state index < -0.39 is 0 Å². The summed E-state index contributed by atoms with van der Waals surface area (Å²) >= 11 is 0. The molecule has 2 aromatic rings. The Morgan fingerprint density at radius 1 is 1.25 bits per heavy atom. The molecular formula is C13H14N4O3. The highest BCUT2D eigenvalue weighted by Crippen LogP contribution is 2.33. The van der Waals surface area contributed by atoms with E-state index in [4.69, 9.17) is 9.47 Å². The summed E-state index contributed by atoms with van der Waals surface area (Å²) in [6.45, 7) is 1.07. The summed E-state index contributed by atoms with van der Waals surface area (Å²) in [7, 11) is 3.32. The quantitative estimate of drug-likeness (QED) is 0.881. The number of amides is 1. The monoisotopic (exact) mass is 274 g/mol. The molecular weight excluding hydrogens is 260 g/mol. The molecule has 1 amide bonds. The number of hydrogen-bond donors (Lipinski definition) is 1. The van der Waals surface area contributed by atoms with E-state index in [1.54, 1.807) is 14.1 Å². The summed E-state index contributed by atoms with van der Waals surface area (Å²) < 4.78 is 11.0. The first kappa shape index (κ1) is 12.5. The van der Waals surface area contributed by atoms with Crippen LogP contribution in [0.3, 0.4) is 0 Å². The van der Waals surface area contributed by atoms with Crippen molar-refractivity contribution >= 4 is 5.91 Å². The van der Waals surface area contributed by atoms with E-state index in [1.807, 2.05) is 18.2 Å². The molecule has 1 aliphatic heterocycles. The van der Waals surface area contributed by atoms with Gasteiger partial charge in [0.15, 0.2) is 17.3 Å². The molecule has 0 aliphatic carbocycles. The highest BCUT2D eigenvalue weighted by Gasteiger charge is 2.17. The molecule has 7 heteroatoms. The van der Waals surface area contributed by atoms with Crippen LogP contribution in [0.15, 0.2) is 18.2 Å². The lowest BCUT2D eigenvalue weighted by atomic mass is 10.2. The molecule has 0 saturated heterocycles. The molecule has 0 atom stereocenters. The lowest BCUT2D eigenvalue weighted by molar-refractivity contribution is 0.0816. The molecule has 0 radical (unpaired) electrons. The van der Waals surface area contributed by atoms with Crippen molar-refractivity contribution in [3.63, 3.8) is 0 Å². The number of carbonyl (C=O) groups excluding carboxylic acids is 1. The highest BCUT2D eigenvalue weighted by atomic mass is 16.6. The topological polar surface area (TPSA) is 80.3 Å². The third-order valence-electron chi connectivity index (χ3n) is 2.89. The van der Waals surface area contributed by atoms with Gasteiger partial charge in [0.1, 0.15) is 13.2 Å². The zero-order chi connectivity index (χ0) is 14.1. The molecule has 2 heterocycles. The fraction of sp³-hybridized carbons (Fsp3) is 0.308. The minimum absolute atomic E-state index is 0.208. The van der Waals surface area contributed by atoms with Crippen LogP contribution in [-0.2, 0) is 0 Å². The SMILES string of the molecule is CN(C)C(=O)c1nc(-c2ccc3c(c2)OCCO3)n[nH]1. The second-order valence-electron chi connectivity index (χ2n) is 4.57. The number of nitrogens with one attached hydrogen (secondary N) is 1. The average Bonchev–Trinajstić information content (AvgIpc) is 2.95. The number of aromatic nitrogens is 3. The van der Waals surface area contributed by atoms with Gasteiger partial charge in [-0.2, -0.15) is 5.10 Å². The number of rotatable bonds is 2. The fourth-order valence-electron chi connectivity index (χ4n) is 1.88. The van der Waals surface area contributed by atoms with Crippen LogP contribution in [0.4, 0.5) is 0 Å². The van der Waals surface area contributed by atoms with Gasteiger partial charge < -0.3 is 14.4 Å². The van der Waals surface area contributed by atoms with E-state index in [9.17, 15) is 4.79 Å². The van der Waals surface area contributed by atoms with Gasteiger partial charge in [-0.25, -0.2) is 4.98 Å². The Kier molecular flexibility index (Phi) is 3.02. The number of benzene rings is 1. The van der Waals surface area contributed by atoms with Crippen molar-refractivity contribution in [2.24, 2.45) is 0 Å². The van der Waals surface area contributed by atoms with Gasteiger partial charge in [-0.1, -0.05) is 0 Å². The number of carbonyl (C=O) groups is 1. The van der Waals surface area contributed by atoms with Crippen LogP contribution >= 0.6 is 0 Å². The second kappa shape index (κ2) is 4.84. The molecule has 0 unspecified atom stereocenters. The third kappa shape index (κ3) is 2.18. The van der Waals surface area contributed by atoms with Crippen LogP contribution in [0, 0.1) is 0 Å². The summed E-state index contributed by atoms with van der Waals surface area (Å²) in [5, 5.41) is 6.70. The minimum Gasteiger partial charge on any atom is -0.486 e. The van der Waals surface area contributed by atoms with Crippen molar-refractivity contribution in [2.45, 2.75) is 0 Å². The van der Waals surface area contributed by atoms with Crippen LogP contribution < -0.4 is 9.47 Å². The first-order valence-corrected chi connectivity index (χ1v) is 6.19. The van der Waals surface area contributed by atoms with Crippen LogP contribution in [-0.4, -0.2) is 53.3 Å². The van der Waals surface area contributed by atoms with E-state index in [0.717, 1.165) is 5.56 Å². The molecule has 20 heavy (non-hydrogen) atoms. The lowest BCUT2D eigenvalue weighted by Gasteiger charge is -2.18. The van der Waals surface area contributed by atoms with Gasteiger partial charge in [0.2, 0.25) is 5.82 Å². The Hall–Kier alpha value is -2.57. The number of aromatic amines is 1.